The van der Waals surface area contributed by atoms with Crippen molar-refractivity contribution in [2.24, 2.45) is 0 Å². The number of nitriles is 1. The third-order valence-electron chi connectivity index (χ3n) is 6.05. The molecule has 0 spiro atoms. The van der Waals surface area contributed by atoms with Gasteiger partial charge in [0.2, 0.25) is 10.9 Å². The van der Waals surface area contributed by atoms with Gasteiger partial charge in [-0.05, 0) is 24.3 Å². The van der Waals surface area contributed by atoms with Crippen molar-refractivity contribution >= 4 is 39.1 Å². The molecule has 5 aromatic heterocycles. The first-order valence-corrected chi connectivity index (χ1v) is 13.7. The van der Waals surface area contributed by atoms with Gasteiger partial charge in [0.25, 0.3) is 5.19 Å². The molecule has 0 saturated carbocycles. The van der Waals surface area contributed by atoms with Gasteiger partial charge in [-0.1, -0.05) is 0 Å². The van der Waals surface area contributed by atoms with Crippen LogP contribution in [0.1, 0.15) is 28.4 Å². The molecule has 5 rings (SSSR count). The molecule has 0 bridgehead atoms. The fraction of sp³-hybridized carbons (Fsp3) is 0.360. The van der Waals surface area contributed by atoms with Crippen LogP contribution < -0.4 is 14.2 Å². The zero-order valence-electron chi connectivity index (χ0n) is 21.9. The minimum atomic E-state index is -0.00121. The molecule has 0 fully saturated rings. The van der Waals surface area contributed by atoms with Crippen LogP contribution in [0, 0.1) is 18.3 Å². The number of thiazole rings is 1. The summed E-state index contributed by atoms with van der Waals surface area (Å²) in [5.74, 6) is 1.19. The maximum Gasteiger partial charge on any atom is 0.294 e. The number of imidazole rings is 1. The van der Waals surface area contributed by atoms with Gasteiger partial charge in [-0.2, -0.15) is 10.4 Å². The van der Waals surface area contributed by atoms with Gasteiger partial charge in [0, 0.05) is 37.4 Å². The molecule has 0 saturated heterocycles. The predicted molar refractivity (Wildman–Crippen MR) is 146 cm³/mol. The van der Waals surface area contributed by atoms with Crippen LogP contribution in [-0.4, -0.2) is 67.8 Å². The van der Waals surface area contributed by atoms with E-state index in [1.165, 1.54) is 11.3 Å². The average molecular weight is 567 g/mol. The van der Waals surface area contributed by atoms with Gasteiger partial charge in [-0.3, -0.25) is 4.79 Å². The fourth-order valence-electron chi connectivity index (χ4n) is 3.90. The maximum atomic E-state index is 12.3. The number of fused-ring (bicyclic) bond motifs is 2. The number of aromatic nitrogens is 6. The van der Waals surface area contributed by atoms with Gasteiger partial charge in [0.05, 0.1) is 49.8 Å². The molecule has 0 unspecified atom stereocenters. The van der Waals surface area contributed by atoms with Crippen LogP contribution in [0.25, 0.3) is 21.9 Å². The monoisotopic (exact) mass is 566 g/mol. The van der Waals surface area contributed by atoms with Crippen molar-refractivity contribution in [3.05, 3.63) is 40.1 Å². The second kappa shape index (κ2) is 11.3. The third-order valence-corrected chi connectivity index (χ3v) is 8.00. The van der Waals surface area contributed by atoms with E-state index in [0.717, 1.165) is 21.1 Å². The highest BCUT2D eigenvalue weighted by atomic mass is 32.1. The lowest BCUT2D eigenvalue weighted by atomic mass is 10.3. The Morgan fingerprint density at radius 3 is 2.69 bits per heavy atom. The van der Waals surface area contributed by atoms with E-state index >= 15 is 0 Å². The molecule has 5 aromatic rings. The van der Waals surface area contributed by atoms with Crippen LogP contribution in [0.2, 0.25) is 0 Å². The van der Waals surface area contributed by atoms with Gasteiger partial charge in [0.15, 0.2) is 0 Å². The van der Waals surface area contributed by atoms with Crippen LogP contribution in [0.3, 0.4) is 0 Å². The zero-order chi connectivity index (χ0) is 27.5. The lowest BCUT2D eigenvalue weighted by molar-refractivity contribution is -0.129. The van der Waals surface area contributed by atoms with Crippen LogP contribution >= 0.6 is 22.7 Å². The quantitative estimate of drug-likeness (QED) is 0.234. The number of nitrogens with zero attached hydrogens (tertiary/aromatic N) is 8. The SMILES string of the molecule is COc1cc(OCc2nc(CCC(=O)N(C)CCC#N)sc2C)c2cc(-c3cn4nc(OC)sc4n3)nn2c1. The summed E-state index contributed by atoms with van der Waals surface area (Å²) in [5, 5.41) is 19.1. The lowest BCUT2D eigenvalue weighted by Gasteiger charge is -2.14. The molecule has 0 aliphatic rings. The Hall–Kier alpha value is -4.22. The Morgan fingerprint density at radius 1 is 1.10 bits per heavy atom. The number of hydrogen-bond acceptors (Lipinski definition) is 11. The van der Waals surface area contributed by atoms with E-state index in [4.69, 9.17) is 24.5 Å². The molecular weight excluding hydrogens is 540 g/mol. The van der Waals surface area contributed by atoms with Crippen molar-refractivity contribution < 1.29 is 19.0 Å². The first-order valence-electron chi connectivity index (χ1n) is 12.1. The van der Waals surface area contributed by atoms with E-state index in [1.54, 1.807) is 58.9 Å². The molecule has 39 heavy (non-hydrogen) atoms. The molecule has 0 aromatic carbocycles. The first-order chi connectivity index (χ1) is 18.9. The highest BCUT2D eigenvalue weighted by molar-refractivity contribution is 7.18. The molecule has 0 aliphatic heterocycles. The molecule has 0 atom stereocenters. The van der Waals surface area contributed by atoms with E-state index in [-0.39, 0.29) is 12.5 Å². The van der Waals surface area contributed by atoms with Crippen molar-refractivity contribution in [3.63, 3.8) is 0 Å². The number of methoxy groups -OCH3 is 2. The summed E-state index contributed by atoms with van der Waals surface area (Å²) < 4.78 is 20.2. The Labute approximate surface area is 232 Å². The Kier molecular flexibility index (Phi) is 7.62. The van der Waals surface area contributed by atoms with Crippen molar-refractivity contribution in [1.29, 1.82) is 5.26 Å². The van der Waals surface area contributed by atoms with Crippen molar-refractivity contribution in [1.82, 2.24) is 34.1 Å². The van der Waals surface area contributed by atoms with E-state index in [9.17, 15) is 4.79 Å². The van der Waals surface area contributed by atoms with Crippen molar-refractivity contribution in [2.45, 2.75) is 32.8 Å². The molecule has 202 valence electrons. The van der Waals surface area contributed by atoms with Crippen molar-refractivity contribution in [2.75, 3.05) is 27.8 Å². The summed E-state index contributed by atoms with van der Waals surface area (Å²) in [6, 6.07) is 5.79. The number of rotatable bonds is 11. The van der Waals surface area contributed by atoms with Gasteiger partial charge in [-0.25, -0.2) is 19.0 Å². The van der Waals surface area contributed by atoms with Gasteiger partial charge in [-0.15, -0.1) is 16.4 Å². The van der Waals surface area contributed by atoms with Gasteiger partial charge in [0.1, 0.15) is 35.0 Å². The molecule has 0 radical (unpaired) electrons. The van der Waals surface area contributed by atoms with Crippen LogP contribution in [0.15, 0.2) is 24.5 Å². The molecule has 1 amide bonds. The number of hydrogen-bond donors (Lipinski definition) is 0. The number of pyridine rings is 1. The summed E-state index contributed by atoms with van der Waals surface area (Å²) in [6.45, 7) is 2.68. The Balaban J connectivity index is 1.32. The van der Waals surface area contributed by atoms with Crippen molar-refractivity contribution in [3.8, 4) is 34.1 Å². The molecule has 0 aliphatic carbocycles. The molecular formula is C25H26N8O4S2. The largest absolute Gasteiger partial charge is 0.495 e. The van der Waals surface area contributed by atoms with E-state index < -0.39 is 0 Å². The van der Waals surface area contributed by atoms with Gasteiger partial charge >= 0.3 is 0 Å². The van der Waals surface area contributed by atoms with Crippen LogP contribution in [0.5, 0.6) is 16.7 Å². The molecule has 0 N–H and O–H groups in total. The number of carbonyl (C=O) groups excluding carboxylic acids is 1. The summed E-state index contributed by atoms with van der Waals surface area (Å²) in [7, 11) is 4.88. The van der Waals surface area contributed by atoms with Crippen LogP contribution in [-0.2, 0) is 17.8 Å². The number of carbonyl (C=O) groups is 1. The minimum Gasteiger partial charge on any atom is -0.495 e. The normalized spacial score (nSPS) is 11.2. The zero-order valence-corrected chi connectivity index (χ0v) is 23.5. The summed E-state index contributed by atoms with van der Waals surface area (Å²) >= 11 is 2.91. The minimum absolute atomic E-state index is 0.00121. The average Bonchev–Trinajstić information content (AvgIpc) is 3.70. The standard InChI is InChI=1S/C25H26N8O4S2/c1-15-19(27-22(38-15)6-7-23(34)31(2)9-5-8-26)14-37-21-10-16(35-3)12-32-20(21)11-17(29-32)18-13-33-24(28-18)39-25(30-33)36-4/h10-13H,5-7,9,14H2,1-4H3. The molecule has 14 heteroatoms. The summed E-state index contributed by atoms with van der Waals surface area (Å²) in [4.78, 5) is 25.0. The fourth-order valence-corrected chi connectivity index (χ4v) is 5.53. The third kappa shape index (κ3) is 5.64. The topological polar surface area (TPSA) is 132 Å². The maximum absolute atomic E-state index is 12.3. The predicted octanol–water partition coefficient (Wildman–Crippen LogP) is 3.77. The van der Waals surface area contributed by atoms with Gasteiger partial charge < -0.3 is 19.1 Å². The number of aryl methyl sites for hydroxylation is 2. The van der Waals surface area contributed by atoms with E-state index in [2.05, 4.69) is 21.3 Å². The van der Waals surface area contributed by atoms with E-state index in [1.807, 2.05) is 19.1 Å². The first kappa shape index (κ1) is 26.4. The number of ether oxygens (including phenoxy) is 3. The Bertz CT molecular complexity index is 1650. The lowest BCUT2D eigenvalue weighted by Crippen LogP contribution is -2.27. The van der Waals surface area contributed by atoms with Crippen LogP contribution in [0.4, 0.5) is 0 Å². The summed E-state index contributed by atoms with van der Waals surface area (Å²) in [5.41, 5.74) is 2.92. The molecule has 5 heterocycles. The number of amides is 1. The molecule has 12 nitrogen and oxygen atoms in total. The highest BCUT2D eigenvalue weighted by Crippen LogP contribution is 2.31. The highest BCUT2D eigenvalue weighted by Gasteiger charge is 2.17. The Morgan fingerprint density at radius 2 is 1.95 bits per heavy atom. The second-order valence-corrected chi connectivity index (χ2v) is 10.9. The second-order valence-electron chi connectivity index (χ2n) is 8.65. The smallest absolute Gasteiger partial charge is 0.294 e. The van der Waals surface area contributed by atoms with E-state index in [0.29, 0.717) is 58.8 Å². The summed E-state index contributed by atoms with van der Waals surface area (Å²) in [6.07, 6.45) is 4.80.